The third-order valence-corrected chi connectivity index (χ3v) is 3.40. The molecule has 19 heavy (non-hydrogen) atoms. The van der Waals surface area contributed by atoms with Gasteiger partial charge in [-0.25, -0.2) is 0 Å². The Morgan fingerprint density at radius 3 is 2.79 bits per heavy atom. The average molecular weight is 283 g/mol. The highest BCUT2D eigenvalue weighted by Crippen LogP contribution is 2.22. The van der Waals surface area contributed by atoms with Crippen LogP contribution in [-0.2, 0) is 24.1 Å². The summed E-state index contributed by atoms with van der Waals surface area (Å²) in [4.78, 5) is 11.7. The first-order chi connectivity index (χ1) is 8.79. The molecule has 0 radical (unpaired) electrons. The van der Waals surface area contributed by atoms with Crippen molar-refractivity contribution in [1.82, 2.24) is 10.6 Å². The Morgan fingerprint density at radius 2 is 2.00 bits per heavy atom. The van der Waals surface area contributed by atoms with Gasteiger partial charge in [0.25, 0.3) is 0 Å². The highest BCUT2D eigenvalue weighted by molar-refractivity contribution is 5.85. The van der Waals surface area contributed by atoms with Crippen LogP contribution in [0.4, 0.5) is 0 Å². The fraction of sp³-hybridized carbons (Fsp3) is 0.533. The molecule has 4 heteroatoms. The Kier molecular flexibility index (Phi) is 6.89. The SMILES string of the molecule is CCNCCNC(=O)Cc1ccc2c(c1)CCC2.Cl. The molecular weight excluding hydrogens is 260 g/mol. The number of rotatable bonds is 6. The molecule has 106 valence electrons. The maximum atomic E-state index is 11.7. The molecular formula is C15H23ClN2O. The average Bonchev–Trinajstić information content (AvgIpc) is 2.82. The largest absolute Gasteiger partial charge is 0.355 e. The Balaban J connectivity index is 0.00000180. The monoisotopic (exact) mass is 282 g/mol. The van der Waals surface area contributed by atoms with Gasteiger partial charge in [0.05, 0.1) is 6.42 Å². The summed E-state index contributed by atoms with van der Waals surface area (Å²) in [6.07, 6.45) is 4.13. The standard InChI is InChI=1S/C15H22N2O.ClH/c1-2-16-8-9-17-15(18)11-12-6-7-13-4-3-5-14(13)10-12;/h6-7,10,16H,2-5,8-9,11H2,1H3,(H,17,18);1H. The van der Waals surface area contributed by atoms with Crippen molar-refractivity contribution in [3.8, 4) is 0 Å². The molecule has 3 nitrogen and oxygen atoms in total. The van der Waals surface area contributed by atoms with Crippen LogP contribution < -0.4 is 10.6 Å². The molecule has 2 N–H and O–H groups in total. The predicted molar refractivity (Wildman–Crippen MR) is 81.0 cm³/mol. The topological polar surface area (TPSA) is 41.1 Å². The normalized spacial score (nSPS) is 12.7. The Morgan fingerprint density at radius 1 is 1.21 bits per heavy atom. The number of carbonyl (C=O) groups excluding carboxylic acids is 1. The summed E-state index contributed by atoms with van der Waals surface area (Å²) in [5, 5.41) is 6.12. The van der Waals surface area contributed by atoms with Crippen LogP contribution in [-0.4, -0.2) is 25.5 Å². The van der Waals surface area contributed by atoms with Gasteiger partial charge in [-0.15, -0.1) is 12.4 Å². The number of likely N-dealkylation sites (N-methyl/N-ethyl adjacent to an activating group) is 1. The first kappa shape index (κ1) is 16.0. The number of amides is 1. The van der Waals surface area contributed by atoms with Crippen molar-refractivity contribution in [1.29, 1.82) is 0 Å². The highest BCUT2D eigenvalue weighted by Gasteiger charge is 2.11. The van der Waals surface area contributed by atoms with Crippen molar-refractivity contribution in [2.24, 2.45) is 0 Å². The van der Waals surface area contributed by atoms with Crippen LogP contribution in [0.25, 0.3) is 0 Å². The van der Waals surface area contributed by atoms with Crippen molar-refractivity contribution in [2.45, 2.75) is 32.6 Å². The van der Waals surface area contributed by atoms with Crippen molar-refractivity contribution in [2.75, 3.05) is 19.6 Å². The van der Waals surface area contributed by atoms with Gasteiger partial charge >= 0.3 is 0 Å². The quantitative estimate of drug-likeness (QED) is 0.782. The number of carbonyl (C=O) groups is 1. The summed E-state index contributed by atoms with van der Waals surface area (Å²) in [7, 11) is 0. The second-order valence-electron chi connectivity index (χ2n) is 4.84. The predicted octanol–water partition coefficient (Wildman–Crippen LogP) is 1.87. The summed E-state index contributed by atoms with van der Waals surface area (Å²) >= 11 is 0. The molecule has 0 saturated carbocycles. The number of hydrogen-bond donors (Lipinski definition) is 2. The molecule has 0 bridgehead atoms. The molecule has 1 aliphatic rings. The first-order valence-corrected chi connectivity index (χ1v) is 6.87. The lowest BCUT2D eigenvalue weighted by Gasteiger charge is -2.07. The summed E-state index contributed by atoms with van der Waals surface area (Å²) in [6, 6.07) is 6.48. The second-order valence-corrected chi connectivity index (χ2v) is 4.84. The first-order valence-electron chi connectivity index (χ1n) is 6.87. The zero-order valence-electron chi connectivity index (χ0n) is 11.5. The van der Waals surface area contributed by atoms with Gasteiger partial charge in [-0.3, -0.25) is 4.79 Å². The van der Waals surface area contributed by atoms with E-state index in [9.17, 15) is 4.79 Å². The van der Waals surface area contributed by atoms with Gasteiger partial charge in [-0.05, 0) is 42.5 Å². The minimum absolute atomic E-state index is 0. The molecule has 0 heterocycles. The Labute approximate surface area is 121 Å². The Bertz CT molecular complexity index is 421. The summed E-state index contributed by atoms with van der Waals surface area (Å²) in [5.41, 5.74) is 4.04. The number of fused-ring (bicyclic) bond motifs is 1. The number of benzene rings is 1. The van der Waals surface area contributed by atoms with Gasteiger partial charge in [0.1, 0.15) is 0 Å². The molecule has 0 atom stereocenters. The molecule has 0 aromatic heterocycles. The van der Waals surface area contributed by atoms with E-state index in [2.05, 4.69) is 35.8 Å². The third kappa shape index (κ3) is 4.84. The van der Waals surface area contributed by atoms with E-state index in [0.717, 1.165) is 18.7 Å². The van der Waals surface area contributed by atoms with Crippen LogP contribution in [0.2, 0.25) is 0 Å². The molecule has 1 aliphatic carbocycles. The van der Waals surface area contributed by atoms with Crippen LogP contribution in [0.3, 0.4) is 0 Å². The zero-order chi connectivity index (χ0) is 12.8. The third-order valence-electron chi connectivity index (χ3n) is 3.40. The highest BCUT2D eigenvalue weighted by atomic mass is 35.5. The molecule has 1 aromatic carbocycles. The van der Waals surface area contributed by atoms with Gasteiger partial charge in [0, 0.05) is 13.1 Å². The number of halogens is 1. The van der Waals surface area contributed by atoms with E-state index in [1.807, 2.05) is 0 Å². The van der Waals surface area contributed by atoms with Crippen LogP contribution in [0.15, 0.2) is 18.2 Å². The van der Waals surface area contributed by atoms with E-state index in [4.69, 9.17) is 0 Å². The lowest BCUT2D eigenvalue weighted by Crippen LogP contribution is -2.32. The summed E-state index contributed by atoms with van der Waals surface area (Å²) in [6.45, 7) is 4.55. The minimum atomic E-state index is 0. The van der Waals surface area contributed by atoms with Crippen molar-refractivity contribution in [3.05, 3.63) is 34.9 Å². The smallest absolute Gasteiger partial charge is 0.224 e. The van der Waals surface area contributed by atoms with Crippen LogP contribution in [0.5, 0.6) is 0 Å². The van der Waals surface area contributed by atoms with Crippen molar-refractivity contribution in [3.63, 3.8) is 0 Å². The van der Waals surface area contributed by atoms with E-state index >= 15 is 0 Å². The van der Waals surface area contributed by atoms with Gasteiger partial charge in [0.2, 0.25) is 5.91 Å². The zero-order valence-corrected chi connectivity index (χ0v) is 12.3. The second kappa shape index (κ2) is 8.18. The number of aryl methyl sites for hydroxylation is 2. The van der Waals surface area contributed by atoms with Gasteiger partial charge in [-0.2, -0.15) is 0 Å². The van der Waals surface area contributed by atoms with E-state index in [-0.39, 0.29) is 18.3 Å². The van der Waals surface area contributed by atoms with E-state index < -0.39 is 0 Å². The maximum absolute atomic E-state index is 11.7. The molecule has 0 spiro atoms. The summed E-state index contributed by atoms with van der Waals surface area (Å²) < 4.78 is 0. The molecule has 0 fully saturated rings. The fourth-order valence-electron chi connectivity index (χ4n) is 2.45. The van der Waals surface area contributed by atoms with E-state index in [1.165, 1.54) is 30.4 Å². The Hall–Kier alpha value is -1.06. The lowest BCUT2D eigenvalue weighted by molar-refractivity contribution is -0.120. The van der Waals surface area contributed by atoms with Crippen molar-refractivity contribution < 1.29 is 4.79 Å². The summed E-state index contributed by atoms with van der Waals surface area (Å²) in [5.74, 6) is 0.117. The van der Waals surface area contributed by atoms with Gasteiger partial charge in [-0.1, -0.05) is 25.1 Å². The molecule has 1 aromatic rings. The van der Waals surface area contributed by atoms with Crippen LogP contribution >= 0.6 is 12.4 Å². The van der Waals surface area contributed by atoms with Crippen LogP contribution in [0, 0.1) is 0 Å². The fourth-order valence-corrected chi connectivity index (χ4v) is 2.45. The van der Waals surface area contributed by atoms with Crippen LogP contribution in [0.1, 0.15) is 30.0 Å². The lowest BCUT2D eigenvalue weighted by atomic mass is 10.0. The molecule has 0 unspecified atom stereocenters. The molecule has 0 aliphatic heterocycles. The maximum Gasteiger partial charge on any atom is 0.224 e. The number of hydrogen-bond acceptors (Lipinski definition) is 2. The van der Waals surface area contributed by atoms with Gasteiger partial charge in [0.15, 0.2) is 0 Å². The minimum Gasteiger partial charge on any atom is -0.355 e. The van der Waals surface area contributed by atoms with Gasteiger partial charge < -0.3 is 10.6 Å². The van der Waals surface area contributed by atoms with E-state index in [0.29, 0.717) is 13.0 Å². The molecule has 2 rings (SSSR count). The van der Waals surface area contributed by atoms with E-state index in [1.54, 1.807) is 0 Å². The molecule has 0 saturated heterocycles. The molecule has 1 amide bonds. The number of nitrogens with one attached hydrogen (secondary N) is 2. The van der Waals surface area contributed by atoms with Crippen molar-refractivity contribution >= 4 is 18.3 Å².